The number of nitrogens with zero attached hydrogens (tertiary/aromatic N) is 1. The predicted molar refractivity (Wildman–Crippen MR) is 107 cm³/mol. The Labute approximate surface area is 169 Å². The molecule has 0 radical (unpaired) electrons. The van der Waals surface area contributed by atoms with E-state index < -0.39 is 22.5 Å². The van der Waals surface area contributed by atoms with E-state index in [1.165, 1.54) is 6.07 Å². The number of carbonyl (C=O) groups excluding carboxylic acids is 2. The number of hydrogen-bond donors (Lipinski definition) is 1. The predicted octanol–water partition coefficient (Wildman–Crippen LogP) is 3.56. The van der Waals surface area contributed by atoms with E-state index in [2.05, 4.69) is 5.32 Å². The molecule has 2 aromatic carbocycles. The number of nitrogens with one attached hydrogen (secondary N) is 1. The van der Waals surface area contributed by atoms with Gasteiger partial charge in [-0.2, -0.15) is 0 Å². The van der Waals surface area contributed by atoms with Crippen LogP contribution in [0.4, 0.5) is 5.69 Å². The zero-order valence-corrected chi connectivity index (χ0v) is 16.5. The van der Waals surface area contributed by atoms with Crippen molar-refractivity contribution in [1.82, 2.24) is 5.32 Å². The largest absolute Gasteiger partial charge is 0.482 e. The number of aryl methyl sites for hydroxylation is 1. The Hall–Kier alpha value is -3.42. The molecule has 2 rings (SSSR count). The molecule has 0 aliphatic carbocycles. The van der Waals surface area contributed by atoms with Crippen LogP contribution in [0.15, 0.2) is 42.5 Å². The van der Waals surface area contributed by atoms with Crippen molar-refractivity contribution in [2.24, 2.45) is 0 Å². The van der Waals surface area contributed by atoms with Crippen molar-refractivity contribution in [3.05, 3.63) is 69.3 Å². The summed E-state index contributed by atoms with van der Waals surface area (Å²) in [6.07, 6.45) is 1.60. The second-order valence-electron chi connectivity index (χ2n) is 6.40. The lowest BCUT2D eigenvalue weighted by Crippen LogP contribution is -2.31. The number of hydrogen-bond acceptors (Lipinski definition) is 6. The first kappa shape index (κ1) is 21.9. The summed E-state index contributed by atoms with van der Waals surface area (Å²) in [6, 6.07) is 12.1. The van der Waals surface area contributed by atoms with Crippen LogP contribution < -0.4 is 10.1 Å². The van der Waals surface area contributed by atoms with Crippen LogP contribution >= 0.6 is 0 Å². The third-order valence-electron chi connectivity index (χ3n) is 4.14. The molecule has 29 heavy (non-hydrogen) atoms. The van der Waals surface area contributed by atoms with Gasteiger partial charge >= 0.3 is 11.7 Å². The Kier molecular flexibility index (Phi) is 8.14. The average molecular weight is 400 g/mol. The van der Waals surface area contributed by atoms with Crippen LogP contribution in [0.25, 0.3) is 0 Å². The molecule has 0 aliphatic heterocycles. The topological polar surface area (TPSA) is 108 Å². The fourth-order valence-electron chi connectivity index (χ4n) is 2.58. The highest BCUT2D eigenvalue weighted by molar-refractivity contribution is 6.00. The summed E-state index contributed by atoms with van der Waals surface area (Å²) < 4.78 is 10.6. The number of unbranched alkanes of at least 4 members (excludes halogenated alkanes) is 1. The molecule has 0 bridgehead atoms. The van der Waals surface area contributed by atoms with E-state index in [0.717, 1.165) is 18.4 Å². The Bertz CT molecular complexity index is 867. The van der Waals surface area contributed by atoms with Crippen LogP contribution in [-0.4, -0.2) is 30.0 Å². The molecular weight excluding hydrogens is 376 g/mol. The van der Waals surface area contributed by atoms with Gasteiger partial charge in [0.2, 0.25) is 5.75 Å². The summed E-state index contributed by atoms with van der Waals surface area (Å²) in [4.78, 5) is 35.1. The molecular formula is C21H24N2O6. The molecule has 0 unspecified atom stereocenters. The summed E-state index contributed by atoms with van der Waals surface area (Å²) in [5.74, 6) is -1.31. The van der Waals surface area contributed by atoms with Crippen molar-refractivity contribution >= 4 is 17.6 Å². The second kappa shape index (κ2) is 10.8. The van der Waals surface area contributed by atoms with Gasteiger partial charge < -0.3 is 14.8 Å². The number of nitro groups is 1. The zero-order valence-electron chi connectivity index (χ0n) is 16.5. The maximum atomic E-state index is 12.5. The van der Waals surface area contributed by atoms with Crippen LogP contribution in [0.2, 0.25) is 0 Å². The van der Waals surface area contributed by atoms with Crippen molar-refractivity contribution in [3.8, 4) is 5.75 Å². The van der Waals surface area contributed by atoms with E-state index in [1.54, 1.807) is 13.0 Å². The molecule has 0 atom stereocenters. The van der Waals surface area contributed by atoms with Gasteiger partial charge in [0.25, 0.3) is 5.91 Å². The number of carbonyl (C=O) groups is 2. The first-order chi connectivity index (χ1) is 13.9. The van der Waals surface area contributed by atoms with Gasteiger partial charge in [-0.15, -0.1) is 0 Å². The SMILES string of the molecule is CCCCOC(=O)CNC(=O)c1ccc(C)c(OCc2ccccc2)c1[N+](=O)[O-]. The number of esters is 1. The molecule has 0 saturated heterocycles. The highest BCUT2D eigenvalue weighted by atomic mass is 16.6. The fraction of sp³-hybridized carbons (Fsp3) is 0.333. The molecule has 0 spiro atoms. The average Bonchev–Trinajstić information content (AvgIpc) is 2.71. The monoisotopic (exact) mass is 400 g/mol. The van der Waals surface area contributed by atoms with Gasteiger partial charge in [0.05, 0.1) is 11.5 Å². The van der Waals surface area contributed by atoms with Gasteiger partial charge in [-0.3, -0.25) is 19.7 Å². The Morgan fingerprint density at radius 2 is 1.86 bits per heavy atom. The van der Waals surface area contributed by atoms with Gasteiger partial charge in [0.1, 0.15) is 18.7 Å². The molecule has 0 fully saturated rings. The van der Waals surface area contributed by atoms with Gasteiger partial charge in [-0.25, -0.2) is 0 Å². The smallest absolute Gasteiger partial charge is 0.325 e. The number of ether oxygens (including phenoxy) is 2. The lowest BCUT2D eigenvalue weighted by molar-refractivity contribution is -0.386. The zero-order chi connectivity index (χ0) is 21.2. The number of amides is 1. The summed E-state index contributed by atoms with van der Waals surface area (Å²) in [7, 11) is 0. The minimum atomic E-state index is -0.742. The Balaban J connectivity index is 2.15. The van der Waals surface area contributed by atoms with Crippen molar-refractivity contribution < 1.29 is 24.0 Å². The lowest BCUT2D eigenvalue weighted by Gasteiger charge is -2.12. The van der Waals surface area contributed by atoms with Crippen LogP contribution in [-0.2, 0) is 16.1 Å². The fourth-order valence-corrected chi connectivity index (χ4v) is 2.58. The van der Waals surface area contributed by atoms with Crippen LogP contribution in [0.1, 0.15) is 41.3 Å². The lowest BCUT2D eigenvalue weighted by atomic mass is 10.1. The van der Waals surface area contributed by atoms with Gasteiger partial charge in [0.15, 0.2) is 0 Å². The van der Waals surface area contributed by atoms with Crippen molar-refractivity contribution in [1.29, 1.82) is 0 Å². The van der Waals surface area contributed by atoms with E-state index in [4.69, 9.17) is 9.47 Å². The van der Waals surface area contributed by atoms with E-state index in [9.17, 15) is 19.7 Å². The molecule has 2 aromatic rings. The maximum Gasteiger partial charge on any atom is 0.325 e. The third-order valence-corrected chi connectivity index (χ3v) is 4.14. The first-order valence-electron chi connectivity index (χ1n) is 9.32. The van der Waals surface area contributed by atoms with Crippen LogP contribution in [0.5, 0.6) is 5.75 Å². The standard InChI is InChI=1S/C21H24N2O6/c1-3-4-12-28-18(24)13-22-21(25)17-11-10-15(2)20(19(17)23(26)27)29-14-16-8-6-5-7-9-16/h5-11H,3-4,12-14H2,1-2H3,(H,22,25). The number of benzene rings is 2. The molecule has 154 valence electrons. The quantitative estimate of drug-likeness (QED) is 0.283. The van der Waals surface area contributed by atoms with Crippen molar-refractivity contribution in [2.75, 3.05) is 13.2 Å². The molecule has 1 amide bonds. The van der Waals surface area contributed by atoms with E-state index in [-0.39, 0.29) is 31.1 Å². The summed E-state index contributed by atoms with van der Waals surface area (Å²) >= 11 is 0. The molecule has 0 heterocycles. The Morgan fingerprint density at radius 1 is 1.14 bits per heavy atom. The summed E-state index contributed by atoms with van der Waals surface area (Å²) in [5, 5.41) is 14.0. The molecule has 0 aromatic heterocycles. The van der Waals surface area contributed by atoms with E-state index in [1.807, 2.05) is 37.3 Å². The van der Waals surface area contributed by atoms with E-state index in [0.29, 0.717) is 5.56 Å². The molecule has 0 saturated carbocycles. The Morgan fingerprint density at radius 3 is 2.52 bits per heavy atom. The number of nitro benzene ring substituents is 1. The number of rotatable bonds is 10. The highest BCUT2D eigenvalue weighted by Gasteiger charge is 2.28. The first-order valence-corrected chi connectivity index (χ1v) is 9.32. The molecule has 8 heteroatoms. The maximum absolute atomic E-state index is 12.5. The van der Waals surface area contributed by atoms with Gasteiger partial charge in [0, 0.05) is 0 Å². The van der Waals surface area contributed by atoms with Gasteiger partial charge in [-0.05, 0) is 30.5 Å². The highest BCUT2D eigenvalue weighted by Crippen LogP contribution is 2.35. The molecule has 8 nitrogen and oxygen atoms in total. The van der Waals surface area contributed by atoms with Crippen LogP contribution in [0, 0.1) is 17.0 Å². The normalized spacial score (nSPS) is 10.3. The minimum absolute atomic E-state index is 0.0250. The van der Waals surface area contributed by atoms with E-state index >= 15 is 0 Å². The molecule has 1 N–H and O–H groups in total. The van der Waals surface area contributed by atoms with Crippen molar-refractivity contribution in [3.63, 3.8) is 0 Å². The second-order valence-corrected chi connectivity index (χ2v) is 6.40. The van der Waals surface area contributed by atoms with Gasteiger partial charge in [-0.1, -0.05) is 49.7 Å². The molecule has 0 aliphatic rings. The van der Waals surface area contributed by atoms with Crippen LogP contribution in [0.3, 0.4) is 0 Å². The third kappa shape index (κ3) is 6.31. The summed E-state index contributed by atoms with van der Waals surface area (Å²) in [6.45, 7) is 3.65. The summed E-state index contributed by atoms with van der Waals surface area (Å²) in [5.41, 5.74) is 0.761. The van der Waals surface area contributed by atoms with Crippen molar-refractivity contribution in [2.45, 2.75) is 33.3 Å². The minimum Gasteiger partial charge on any atom is -0.482 e.